The molecule has 3 aromatic carbocycles. The molecule has 4 rings (SSSR count). The Balaban J connectivity index is 1.75. The molecule has 0 radical (unpaired) electrons. The van der Waals surface area contributed by atoms with E-state index in [-0.39, 0.29) is 35.1 Å². The molecular formula is C24H15ClF5N3. The van der Waals surface area contributed by atoms with Crippen LogP contribution in [0.2, 0.25) is 5.02 Å². The second-order valence-electron chi connectivity index (χ2n) is 7.30. The molecule has 0 fully saturated rings. The van der Waals surface area contributed by atoms with Crippen LogP contribution in [0.1, 0.15) is 28.3 Å². The molecule has 0 N–H and O–H groups in total. The molecule has 0 saturated heterocycles. The first-order chi connectivity index (χ1) is 15.7. The third-order valence-corrected chi connectivity index (χ3v) is 5.09. The first-order valence-corrected chi connectivity index (χ1v) is 10.1. The van der Waals surface area contributed by atoms with Crippen LogP contribution in [0.3, 0.4) is 0 Å². The second kappa shape index (κ2) is 9.23. The lowest BCUT2D eigenvalue weighted by Gasteiger charge is -2.11. The minimum Gasteiger partial charge on any atom is -0.217 e. The van der Waals surface area contributed by atoms with Crippen molar-refractivity contribution in [3.8, 4) is 11.4 Å². The van der Waals surface area contributed by atoms with Crippen LogP contribution in [-0.2, 0) is 19.0 Å². The number of hydrogen-bond donors (Lipinski definition) is 0. The Morgan fingerprint density at radius 2 is 1.36 bits per heavy atom. The normalized spacial score (nSPS) is 11.6. The van der Waals surface area contributed by atoms with Crippen LogP contribution in [0.4, 0.5) is 22.0 Å². The SMILES string of the molecule is Fc1ccc(Cc2nc(Cc3ccc(F)c(Cl)c3)nc(-c3cccc(C(F)(F)F)c3)n2)cc1. The predicted octanol–water partition coefficient (Wildman–Crippen LogP) is 6.67. The average molecular weight is 476 g/mol. The molecule has 33 heavy (non-hydrogen) atoms. The van der Waals surface area contributed by atoms with Crippen LogP contribution in [0.15, 0.2) is 66.7 Å². The third kappa shape index (κ3) is 5.70. The van der Waals surface area contributed by atoms with Gasteiger partial charge in [0.15, 0.2) is 5.82 Å². The van der Waals surface area contributed by atoms with Crippen molar-refractivity contribution in [3.63, 3.8) is 0 Å². The zero-order valence-corrected chi connectivity index (χ0v) is 17.6. The zero-order valence-electron chi connectivity index (χ0n) is 16.9. The quantitative estimate of drug-likeness (QED) is 0.302. The molecule has 0 amide bonds. The lowest BCUT2D eigenvalue weighted by molar-refractivity contribution is -0.137. The summed E-state index contributed by atoms with van der Waals surface area (Å²) in [5.74, 6) is -0.327. The Labute approximate surface area is 190 Å². The van der Waals surface area contributed by atoms with Gasteiger partial charge in [0, 0.05) is 18.4 Å². The van der Waals surface area contributed by atoms with E-state index in [0.717, 1.165) is 12.1 Å². The van der Waals surface area contributed by atoms with Gasteiger partial charge in [0.2, 0.25) is 0 Å². The molecule has 0 aliphatic heterocycles. The van der Waals surface area contributed by atoms with Gasteiger partial charge in [-0.25, -0.2) is 23.7 Å². The van der Waals surface area contributed by atoms with Crippen molar-refractivity contribution < 1.29 is 22.0 Å². The smallest absolute Gasteiger partial charge is 0.217 e. The van der Waals surface area contributed by atoms with Crippen LogP contribution < -0.4 is 0 Å². The van der Waals surface area contributed by atoms with Crippen molar-refractivity contribution in [2.24, 2.45) is 0 Å². The highest BCUT2D eigenvalue weighted by Gasteiger charge is 2.30. The van der Waals surface area contributed by atoms with E-state index in [4.69, 9.17) is 11.6 Å². The van der Waals surface area contributed by atoms with Gasteiger partial charge in [-0.05, 0) is 47.5 Å². The molecule has 0 spiro atoms. The van der Waals surface area contributed by atoms with Crippen molar-refractivity contribution in [2.45, 2.75) is 19.0 Å². The number of aromatic nitrogens is 3. The maximum atomic E-state index is 13.5. The second-order valence-corrected chi connectivity index (χ2v) is 7.71. The zero-order chi connectivity index (χ0) is 23.6. The van der Waals surface area contributed by atoms with Crippen LogP contribution in [0.25, 0.3) is 11.4 Å². The van der Waals surface area contributed by atoms with Crippen LogP contribution in [0, 0.1) is 11.6 Å². The fourth-order valence-corrected chi connectivity index (χ4v) is 3.41. The van der Waals surface area contributed by atoms with Gasteiger partial charge in [0.1, 0.15) is 23.3 Å². The van der Waals surface area contributed by atoms with Crippen molar-refractivity contribution in [1.82, 2.24) is 15.0 Å². The molecule has 4 aromatic rings. The Morgan fingerprint density at radius 3 is 2.00 bits per heavy atom. The summed E-state index contributed by atoms with van der Waals surface area (Å²) >= 11 is 5.85. The molecule has 0 saturated carbocycles. The van der Waals surface area contributed by atoms with Gasteiger partial charge in [-0.15, -0.1) is 0 Å². The summed E-state index contributed by atoms with van der Waals surface area (Å²) in [6.45, 7) is 0. The fraction of sp³-hybridized carbons (Fsp3) is 0.125. The molecule has 0 atom stereocenters. The van der Waals surface area contributed by atoms with Crippen molar-refractivity contribution in [2.75, 3.05) is 0 Å². The van der Waals surface area contributed by atoms with Gasteiger partial charge >= 0.3 is 6.18 Å². The minimum absolute atomic E-state index is 0.0637. The monoisotopic (exact) mass is 475 g/mol. The molecule has 0 aliphatic carbocycles. The first-order valence-electron chi connectivity index (χ1n) is 9.77. The van der Waals surface area contributed by atoms with Crippen LogP contribution in [0.5, 0.6) is 0 Å². The lowest BCUT2D eigenvalue weighted by atomic mass is 10.1. The van der Waals surface area contributed by atoms with E-state index in [1.807, 2.05) is 0 Å². The lowest BCUT2D eigenvalue weighted by Crippen LogP contribution is -2.08. The highest BCUT2D eigenvalue weighted by molar-refractivity contribution is 6.30. The minimum atomic E-state index is -4.52. The molecule has 0 aliphatic rings. The summed E-state index contributed by atoms with van der Waals surface area (Å²) in [6, 6.07) is 14.6. The Kier molecular flexibility index (Phi) is 6.37. The predicted molar refractivity (Wildman–Crippen MR) is 114 cm³/mol. The van der Waals surface area contributed by atoms with Crippen LogP contribution in [-0.4, -0.2) is 15.0 Å². The average Bonchev–Trinajstić information content (AvgIpc) is 2.77. The topological polar surface area (TPSA) is 38.7 Å². The standard InChI is InChI=1S/C24H15ClF5N3/c25-19-10-15(6-9-20(19)27)12-22-31-21(11-14-4-7-18(26)8-5-14)32-23(33-22)16-2-1-3-17(13-16)24(28,29)30/h1-10,13H,11-12H2. The largest absolute Gasteiger partial charge is 0.416 e. The van der Waals surface area contributed by atoms with E-state index in [9.17, 15) is 22.0 Å². The number of hydrogen-bond acceptors (Lipinski definition) is 3. The molecular weight excluding hydrogens is 461 g/mol. The Morgan fingerprint density at radius 1 is 0.727 bits per heavy atom. The summed E-state index contributed by atoms with van der Waals surface area (Å²) in [7, 11) is 0. The maximum absolute atomic E-state index is 13.5. The third-order valence-electron chi connectivity index (χ3n) is 4.80. The number of rotatable bonds is 5. The van der Waals surface area contributed by atoms with Crippen molar-refractivity contribution in [1.29, 1.82) is 0 Å². The number of benzene rings is 3. The highest BCUT2D eigenvalue weighted by Crippen LogP contribution is 2.31. The van der Waals surface area contributed by atoms with Crippen molar-refractivity contribution in [3.05, 3.63) is 112 Å². The molecule has 0 unspecified atom stereocenters. The van der Waals surface area contributed by atoms with Gasteiger partial charge in [-0.3, -0.25) is 0 Å². The van der Waals surface area contributed by atoms with E-state index in [2.05, 4.69) is 15.0 Å². The van der Waals surface area contributed by atoms with E-state index < -0.39 is 23.4 Å². The van der Waals surface area contributed by atoms with Gasteiger partial charge in [0.25, 0.3) is 0 Å². The highest BCUT2D eigenvalue weighted by atomic mass is 35.5. The van der Waals surface area contributed by atoms with Gasteiger partial charge < -0.3 is 0 Å². The van der Waals surface area contributed by atoms with E-state index in [1.165, 1.54) is 42.5 Å². The molecule has 3 nitrogen and oxygen atoms in total. The number of nitrogens with zero attached hydrogens (tertiary/aromatic N) is 3. The summed E-state index contributed by atoms with van der Waals surface area (Å²) in [5.41, 5.74) is 0.682. The number of halogens is 6. The van der Waals surface area contributed by atoms with Crippen molar-refractivity contribution >= 4 is 11.6 Å². The van der Waals surface area contributed by atoms with Gasteiger partial charge in [-0.1, -0.05) is 41.9 Å². The maximum Gasteiger partial charge on any atom is 0.416 e. The van der Waals surface area contributed by atoms with E-state index in [0.29, 0.717) is 17.0 Å². The molecule has 0 bridgehead atoms. The Bertz CT molecular complexity index is 1290. The summed E-state index contributed by atoms with van der Waals surface area (Å²) in [6.07, 6.45) is -4.15. The first kappa shape index (κ1) is 22.8. The fourth-order valence-electron chi connectivity index (χ4n) is 3.21. The van der Waals surface area contributed by atoms with E-state index >= 15 is 0 Å². The van der Waals surface area contributed by atoms with Gasteiger partial charge in [-0.2, -0.15) is 13.2 Å². The molecule has 168 valence electrons. The van der Waals surface area contributed by atoms with Gasteiger partial charge in [0.05, 0.1) is 10.6 Å². The summed E-state index contributed by atoms with van der Waals surface area (Å²) < 4.78 is 66.3. The van der Waals surface area contributed by atoms with Crippen LogP contribution >= 0.6 is 11.6 Å². The molecule has 9 heteroatoms. The number of alkyl halides is 3. The Hall–Kier alpha value is -3.39. The molecule has 1 heterocycles. The van der Waals surface area contributed by atoms with E-state index in [1.54, 1.807) is 12.1 Å². The summed E-state index contributed by atoms with van der Waals surface area (Å²) in [4.78, 5) is 13.1. The summed E-state index contributed by atoms with van der Waals surface area (Å²) in [5, 5.41) is -0.0637. The molecule has 1 aromatic heterocycles.